The van der Waals surface area contributed by atoms with Gasteiger partial charge in [0.1, 0.15) is 0 Å². The van der Waals surface area contributed by atoms with Crippen molar-refractivity contribution < 1.29 is 19.5 Å². The van der Waals surface area contributed by atoms with Crippen molar-refractivity contribution in [3.8, 4) is 0 Å². The zero-order chi connectivity index (χ0) is 22.0. The van der Waals surface area contributed by atoms with Crippen LogP contribution in [-0.2, 0) is 14.4 Å². The molecule has 0 radical (unpaired) electrons. The van der Waals surface area contributed by atoms with Gasteiger partial charge in [-0.3, -0.25) is 14.4 Å². The number of aliphatic carboxylic acids is 1. The molecule has 4 rings (SSSR count). The summed E-state index contributed by atoms with van der Waals surface area (Å²) in [6, 6.07) is 10.4. The van der Waals surface area contributed by atoms with E-state index in [0.717, 1.165) is 38.8 Å². The highest BCUT2D eigenvalue weighted by molar-refractivity contribution is 5.89. The van der Waals surface area contributed by atoms with Crippen LogP contribution in [0.4, 0.5) is 0 Å². The summed E-state index contributed by atoms with van der Waals surface area (Å²) in [5.74, 6) is -1.30. The van der Waals surface area contributed by atoms with E-state index in [0.29, 0.717) is 31.8 Å². The minimum Gasteiger partial charge on any atom is -0.481 e. The van der Waals surface area contributed by atoms with Crippen molar-refractivity contribution in [2.75, 3.05) is 26.2 Å². The van der Waals surface area contributed by atoms with Gasteiger partial charge in [-0.05, 0) is 63.4 Å². The number of benzene rings is 1. The van der Waals surface area contributed by atoms with E-state index >= 15 is 0 Å². The Morgan fingerprint density at radius 2 is 1.48 bits per heavy atom. The molecule has 2 aliphatic heterocycles. The van der Waals surface area contributed by atoms with Crippen molar-refractivity contribution in [3.05, 3.63) is 35.9 Å². The highest BCUT2D eigenvalue weighted by Gasteiger charge is 2.52. The fraction of sp³-hybridized carbons (Fsp3) is 0.640. The van der Waals surface area contributed by atoms with Crippen molar-refractivity contribution in [2.45, 2.75) is 57.8 Å². The summed E-state index contributed by atoms with van der Waals surface area (Å²) in [7, 11) is 0. The van der Waals surface area contributed by atoms with E-state index in [1.165, 1.54) is 5.56 Å². The van der Waals surface area contributed by atoms with E-state index < -0.39 is 17.3 Å². The average molecular weight is 427 g/mol. The van der Waals surface area contributed by atoms with E-state index in [1.807, 2.05) is 28.0 Å². The Labute approximate surface area is 184 Å². The third-order valence-corrected chi connectivity index (χ3v) is 7.87. The van der Waals surface area contributed by atoms with E-state index in [2.05, 4.69) is 12.1 Å². The van der Waals surface area contributed by atoms with Gasteiger partial charge in [-0.2, -0.15) is 0 Å². The highest BCUT2D eigenvalue weighted by atomic mass is 16.4. The van der Waals surface area contributed by atoms with Crippen LogP contribution in [0.3, 0.4) is 0 Å². The Kier molecular flexibility index (Phi) is 6.35. The van der Waals surface area contributed by atoms with E-state index in [1.54, 1.807) is 6.92 Å². The van der Waals surface area contributed by atoms with Crippen LogP contribution in [0.2, 0.25) is 0 Å². The maximum Gasteiger partial charge on any atom is 0.310 e. The van der Waals surface area contributed by atoms with Gasteiger partial charge in [0.15, 0.2) is 0 Å². The molecule has 2 amide bonds. The van der Waals surface area contributed by atoms with Gasteiger partial charge in [-0.1, -0.05) is 30.3 Å². The Hall–Kier alpha value is -2.37. The molecule has 6 heteroatoms. The topological polar surface area (TPSA) is 77.9 Å². The number of carbonyl (C=O) groups excluding carboxylic acids is 2. The molecule has 2 saturated heterocycles. The molecule has 3 atom stereocenters. The van der Waals surface area contributed by atoms with Gasteiger partial charge >= 0.3 is 5.97 Å². The first-order chi connectivity index (χ1) is 14.9. The Bertz CT molecular complexity index is 812. The second-order valence-electron chi connectivity index (χ2n) is 9.80. The van der Waals surface area contributed by atoms with Crippen molar-refractivity contribution in [2.24, 2.45) is 17.3 Å². The van der Waals surface area contributed by atoms with Gasteiger partial charge in [-0.15, -0.1) is 0 Å². The van der Waals surface area contributed by atoms with Crippen LogP contribution in [0.1, 0.15) is 63.4 Å². The molecule has 168 valence electrons. The van der Waals surface area contributed by atoms with Gasteiger partial charge in [0, 0.05) is 32.1 Å². The molecule has 0 aromatic heterocycles. The van der Waals surface area contributed by atoms with E-state index in [9.17, 15) is 19.5 Å². The second kappa shape index (κ2) is 9.01. The van der Waals surface area contributed by atoms with Crippen molar-refractivity contribution in [1.29, 1.82) is 0 Å². The SMILES string of the molecule is C[C@]1(C(=O)O)CC(C(=O)N2CCCC2)CC[C@@H]1C(=O)N1CCC(c2ccccc2)CC1. The monoisotopic (exact) mass is 426 g/mol. The fourth-order valence-electron chi connectivity index (χ4n) is 5.86. The third kappa shape index (κ3) is 4.35. The summed E-state index contributed by atoms with van der Waals surface area (Å²) in [4.78, 5) is 42.4. The number of carboxylic acids is 1. The number of hydrogen-bond donors (Lipinski definition) is 1. The molecule has 2 heterocycles. The van der Waals surface area contributed by atoms with Crippen LogP contribution in [0.5, 0.6) is 0 Å². The molecule has 1 aliphatic carbocycles. The molecule has 1 saturated carbocycles. The van der Waals surface area contributed by atoms with Crippen LogP contribution < -0.4 is 0 Å². The number of carboxylic acid groups (broad SMARTS) is 1. The van der Waals surface area contributed by atoms with Crippen molar-refractivity contribution in [1.82, 2.24) is 9.80 Å². The molecule has 6 nitrogen and oxygen atoms in total. The smallest absolute Gasteiger partial charge is 0.310 e. The Morgan fingerprint density at radius 3 is 2.10 bits per heavy atom. The Morgan fingerprint density at radius 1 is 0.871 bits per heavy atom. The minimum absolute atomic E-state index is 0.0384. The standard InChI is InChI=1S/C25H34N2O4/c1-25(24(30)31)17-20(22(28)26-13-5-6-14-26)9-10-21(25)23(29)27-15-11-19(12-16-27)18-7-3-2-4-8-18/h2-4,7-8,19-21H,5-6,9-17H2,1H3,(H,30,31)/t20?,21-,25+/m1/s1. The predicted octanol–water partition coefficient (Wildman–Crippen LogP) is 3.52. The summed E-state index contributed by atoms with van der Waals surface area (Å²) in [6.07, 6.45) is 5.20. The summed E-state index contributed by atoms with van der Waals surface area (Å²) in [5.41, 5.74) is 0.122. The second-order valence-corrected chi connectivity index (χ2v) is 9.80. The Balaban J connectivity index is 1.41. The van der Waals surface area contributed by atoms with Crippen molar-refractivity contribution in [3.63, 3.8) is 0 Å². The lowest BCUT2D eigenvalue weighted by Crippen LogP contribution is -2.52. The maximum atomic E-state index is 13.4. The largest absolute Gasteiger partial charge is 0.481 e. The average Bonchev–Trinajstić information content (AvgIpc) is 3.34. The molecule has 0 spiro atoms. The molecule has 1 aromatic rings. The number of likely N-dealkylation sites (tertiary alicyclic amines) is 2. The quantitative estimate of drug-likeness (QED) is 0.799. The lowest BCUT2D eigenvalue weighted by molar-refractivity contribution is -0.165. The summed E-state index contributed by atoms with van der Waals surface area (Å²) >= 11 is 0. The number of carbonyl (C=O) groups is 3. The number of amides is 2. The van der Waals surface area contributed by atoms with Gasteiger partial charge < -0.3 is 14.9 Å². The first kappa shape index (κ1) is 21.8. The van der Waals surface area contributed by atoms with Crippen LogP contribution in [0.25, 0.3) is 0 Å². The lowest BCUT2D eigenvalue weighted by atomic mass is 9.63. The maximum absolute atomic E-state index is 13.4. The van der Waals surface area contributed by atoms with Crippen LogP contribution >= 0.6 is 0 Å². The van der Waals surface area contributed by atoms with Crippen LogP contribution in [-0.4, -0.2) is 58.9 Å². The third-order valence-electron chi connectivity index (χ3n) is 7.87. The molecule has 1 aromatic carbocycles. The molecule has 1 N–H and O–H groups in total. The minimum atomic E-state index is -1.19. The molecule has 3 aliphatic rings. The zero-order valence-electron chi connectivity index (χ0n) is 18.5. The summed E-state index contributed by atoms with van der Waals surface area (Å²) in [5, 5.41) is 10.1. The first-order valence-electron chi connectivity index (χ1n) is 11.8. The summed E-state index contributed by atoms with van der Waals surface area (Å²) < 4.78 is 0. The number of rotatable bonds is 4. The molecular weight excluding hydrogens is 392 g/mol. The zero-order valence-corrected chi connectivity index (χ0v) is 18.5. The van der Waals surface area contributed by atoms with Gasteiger partial charge in [0.25, 0.3) is 0 Å². The predicted molar refractivity (Wildman–Crippen MR) is 117 cm³/mol. The molecule has 1 unspecified atom stereocenters. The van der Waals surface area contributed by atoms with E-state index in [4.69, 9.17) is 0 Å². The first-order valence-corrected chi connectivity index (χ1v) is 11.8. The van der Waals surface area contributed by atoms with Gasteiger partial charge in [0.05, 0.1) is 11.3 Å². The fourth-order valence-corrected chi connectivity index (χ4v) is 5.86. The van der Waals surface area contributed by atoms with Gasteiger partial charge in [0.2, 0.25) is 11.8 Å². The van der Waals surface area contributed by atoms with E-state index in [-0.39, 0.29) is 24.2 Å². The number of nitrogens with zero attached hydrogens (tertiary/aromatic N) is 2. The molecular formula is C25H34N2O4. The number of hydrogen-bond acceptors (Lipinski definition) is 3. The van der Waals surface area contributed by atoms with Gasteiger partial charge in [-0.25, -0.2) is 0 Å². The van der Waals surface area contributed by atoms with Crippen LogP contribution in [0, 0.1) is 17.3 Å². The molecule has 31 heavy (non-hydrogen) atoms. The molecule has 3 fully saturated rings. The molecule has 0 bridgehead atoms. The number of piperidine rings is 1. The highest BCUT2D eigenvalue weighted by Crippen LogP contribution is 2.46. The van der Waals surface area contributed by atoms with Crippen molar-refractivity contribution >= 4 is 17.8 Å². The summed E-state index contributed by atoms with van der Waals surface area (Å²) in [6.45, 7) is 4.56. The normalized spacial score (nSPS) is 29.7. The lowest BCUT2D eigenvalue weighted by Gasteiger charge is -2.44. The van der Waals surface area contributed by atoms with Crippen LogP contribution in [0.15, 0.2) is 30.3 Å².